The molecule has 0 bridgehead atoms. The third-order valence-corrected chi connectivity index (χ3v) is 5.58. The minimum Gasteiger partial charge on any atom is -0.396 e. The lowest BCUT2D eigenvalue weighted by Crippen LogP contribution is -2.29. The van der Waals surface area contributed by atoms with E-state index in [0.29, 0.717) is 23.7 Å². The molecule has 0 saturated carbocycles. The monoisotopic (exact) mass is 315 g/mol. The number of carbonyl (C=O) groups is 1. The third kappa shape index (κ3) is 2.89. The van der Waals surface area contributed by atoms with Crippen molar-refractivity contribution >= 4 is 39.7 Å². The predicted molar refractivity (Wildman–Crippen MR) is 86.0 cm³/mol. The van der Waals surface area contributed by atoms with Crippen molar-refractivity contribution in [2.75, 3.05) is 36.5 Å². The molecule has 1 aliphatic rings. The predicted octanol–water partition coefficient (Wildman–Crippen LogP) is 1.76. The van der Waals surface area contributed by atoms with Crippen LogP contribution < -0.4 is 16.0 Å². The fourth-order valence-electron chi connectivity index (χ4n) is 2.35. The van der Waals surface area contributed by atoms with E-state index in [4.69, 9.17) is 5.73 Å². The van der Waals surface area contributed by atoms with Gasteiger partial charge in [0, 0.05) is 19.6 Å². The quantitative estimate of drug-likeness (QED) is 0.738. The van der Waals surface area contributed by atoms with E-state index >= 15 is 0 Å². The molecule has 112 valence electrons. The fraction of sp³-hybridized carbons (Fsp3) is 0.615. The third-order valence-electron chi connectivity index (χ3n) is 3.37. The number of hydrogen-bond donors (Lipinski definition) is 3. The largest absolute Gasteiger partial charge is 0.396 e. The maximum absolute atomic E-state index is 12.0. The van der Waals surface area contributed by atoms with Gasteiger partial charge in [0.25, 0.3) is 5.91 Å². The van der Waals surface area contributed by atoms with Gasteiger partial charge in [0.2, 0.25) is 0 Å². The lowest BCUT2D eigenvalue weighted by atomic mass is 10.1. The van der Waals surface area contributed by atoms with Crippen molar-refractivity contribution in [3.8, 4) is 0 Å². The van der Waals surface area contributed by atoms with Crippen LogP contribution >= 0.6 is 23.1 Å². The van der Waals surface area contributed by atoms with Gasteiger partial charge in [-0.3, -0.25) is 4.79 Å². The highest BCUT2D eigenvalue weighted by molar-refractivity contribution is 7.99. The summed E-state index contributed by atoms with van der Waals surface area (Å²) in [5.41, 5.74) is 6.01. The van der Waals surface area contributed by atoms with Gasteiger partial charge in [0.05, 0.1) is 16.2 Å². The number of nitrogens with zero attached hydrogens (tertiary/aromatic N) is 1. The van der Waals surface area contributed by atoms with Crippen molar-refractivity contribution in [1.82, 2.24) is 5.32 Å². The zero-order valence-electron chi connectivity index (χ0n) is 12.0. The summed E-state index contributed by atoms with van der Waals surface area (Å²) in [6.07, 6.45) is 2.69. The zero-order valence-corrected chi connectivity index (χ0v) is 13.7. The number of nitrogens with two attached hydrogens (primary N) is 1. The number of thioether (sulfide) groups is 1. The van der Waals surface area contributed by atoms with Crippen LogP contribution in [0, 0.1) is 0 Å². The molecule has 1 aromatic rings. The fourth-order valence-corrected chi connectivity index (χ4v) is 4.47. The molecular weight excluding hydrogens is 294 g/mol. The summed E-state index contributed by atoms with van der Waals surface area (Å²) < 4.78 is 0. The van der Waals surface area contributed by atoms with E-state index < -0.39 is 5.60 Å². The molecule has 1 aliphatic heterocycles. The number of amides is 1. The second-order valence-electron chi connectivity index (χ2n) is 5.21. The van der Waals surface area contributed by atoms with Gasteiger partial charge in [0.15, 0.2) is 0 Å². The summed E-state index contributed by atoms with van der Waals surface area (Å²) in [6.45, 7) is 5.67. The number of β-amino-alcohol motifs (C(OH)–C–C–N with tert-alkyl or cyclic N) is 1. The van der Waals surface area contributed by atoms with E-state index in [1.807, 2.05) is 20.1 Å². The first-order valence-electron chi connectivity index (χ1n) is 6.61. The SMILES string of the molecule is CCNC(=O)c1sc(N2CCC(C)(O)C2)c(SC)c1N. The van der Waals surface area contributed by atoms with Crippen LogP contribution in [-0.4, -0.2) is 42.5 Å². The Morgan fingerprint density at radius 3 is 2.85 bits per heavy atom. The summed E-state index contributed by atoms with van der Waals surface area (Å²) in [7, 11) is 0. The normalized spacial score (nSPS) is 22.3. The van der Waals surface area contributed by atoms with Crippen LogP contribution in [0.25, 0.3) is 0 Å². The van der Waals surface area contributed by atoms with Gasteiger partial charge in [-0.25, -0.2) is 0 Å². The number of anilines is 2. The lowest BCUT2D eigenvalue weighted by Gasteiger charge is -2.20. The van der Waals surface area contributed by atoms with Gasteiger partial charge in [-0.2, -0.15) is 0 Å². The van der Waals surface area contributed by atoms with Crippen LogP contribution in [-0.2, 0) is 0 Å². The van der Waals surface area contributed by atoms with Crippen LogP contribution in [0.2, 0.25) is 0 Å². The van der Waals surface area contributed by atoms with Crippen molar-refractivity contribution in [2.45, 2.75) is 30.8 Å². The van der Waals surface area contributed by atoms with Crippen LogP contribution in [0.4, 0.5) is 10.7 Å². The number of nitrogen functional groups attached to an aromatic ring is 1. The average Bonchev–Trinajstić information content (AvgIpc) is 2.89. The second-order valence-corrected chi connectivity index (χ2v) is 7.03. The molecule has 2 heterocycles. The first-order valence-corrected chi connectivity index (χ1v) is 8.65. The molecule has 0 aromatic carbocycles. The topological polar surface area (TPSA) is 78.6 Å². The maximum Gasteiger partial charge on any atom is 0.263 e. The molecule has 1 amide bonds. The highest BCUT2D eigenvalue weighted by atomic mass is 32.2. The molecule has 1 aromatic heterocycles. The van der Waals surface area contributed by atoms with Gasteiger partial charge in [-0.05, 0) is 26.5 Å². The molecule has 4 N–H and O–H groups in total. The Hall–Kier alpha value is -0.920. The Labute approximate surface area is 127 Å². The molecule has 0 spiro atoms. The van der Waals surface area contributed by atoms with Gasteiger partial charge < -0.3 is 21.1 Å². The Bertz CT molecular complexity index is 514. The summed E-state index contributed by atoms with van der Waals surface area (Å²) in [5, 5.41) is 13.9. The summed E-state index contributed by atoms with van der Waals surface area (Å²) in [5.74, 6) is -0.123. The van der Waals surface area contributed by atoms with E-state index in [2.05, 4.69) is 10.2 Å². The molecule has 1 saturated heterocycles. The van der Waals surface area contributed by atoms with Crippen LogP contribution in [0.1, 0.15) is 29.9 Å². The highest BCUT2D eigenvalue weighted by Crippen LogP contribution is 2.45. The van der Waals surface area contributed by atoms with Crippen LogP contribution in [0.15, 0.2) is 4.90 Å². The number of aliphatic hydroxyl groups is 1. The average molecular weight is 315 g/mol. The second kappa shape index (κ2) is 5.83. The molecular formula is C13H21N3O2S2. The minimum absolute atomic E-state index is 0.123. The first kappa shape index (κ1) is 15.5. The molecule has 20 heavy (non-hydrogen) atoms. The van der Waals surface area contributed by atoms with E-state index in [1.165, 1.54) is 11.3 Å². The summed E-state index contributed by atoms with van der Waals surface area (Å²) in [6, 6.07) is 0. The van der Waals surface area contributed by atoms with Crippen molar-refractivity contribution in [3.63, 3.8) is 0 Å². The number of carbonyl (C=O) groups excluding carboxylic acids is 1. The standard InChI is InChI=1S/C13H21N3O2S2/c1-4-15-11(17)9-8(14)10(19-3)12(20-9)16-6-5-13(2,18)7-16/h18H,4-7,14H2,1-3H3,(H,15,17). The molecule has 1 unspecified atom stereocenters. The maximum atomic E-state index is 12.0. The van der Waals surface area contributed by atoms with E-state index in [9.17, 15) is 9.90 Å². The van der Waals surface area contributed by atoms with Crippen molar-refractivity contribution in [2.24, 2.45) is 0 Å². The summed E-state index contributed by atoms with van der Waals surface area (Å²) >= 11 is 2.96. The van der Waals surface area contributed by atoms with E-state index in [-0.39, 0.29) is 5.91 Å². The zero-order chi connectivity index (χ0) is 14.9. The number of thiophene rings is 1. The number of nitrogens with one attached hydrogen (secondary N) is 1. The van der Waals surface area contributed by atoms with Crippen molar-refractivity contribution in [3.05, 3.63) is 4.88 Å². The van der Waals surface area contributed by atoms with Crippen LogP contribution in [0.5, 0.6) is 0 Å². The molecule has 7 heteroatoms. The highest BCUT2D eigenvalue weighted by Gasteiger charge is 2.34. The Kier molecular flexibility index (Phi) is 4.51. The molecule has 5 nitrogen and oxygen atoms in total. The van der Waals surface area contributed by atoms with E-state index in [1.54, 1.807) is 11.8 Å². The van der Waals surface area contributed by atoms with Gasteiger partial charge in [-0.1, -0.05) is 0 Å². The number of hydrogen-bond acceptors (Lipinski definition) is 6. The minimum atomic E-state index is -0.666. The van der Waals surface area contributed by atoms with E-state index in [0.717, 1.165) is 22.9 Å². The first-order chi connectivity index (χ1) is 9.39. The van der Waals surface area contributed by atoms with Crippen molar-refractivity contribution < 1.29 is 9.90 Å². The molecule has 0 radical (unpaired) electrons. The Morgan fingerprint density at radius 1 is 1.65 bits per heavy atom. The van der Waals surface area contributed by atoms with Gasteiger partial charge in [0.1, 0.15) is 9.88 Å². The number of rotatable bonds is 4. The summed E-state index contributed by atoms with van der Waals surface area (Å²) in [4.78, 5) is 15.7. The molecule has 0 aliphatic carbocycles. The molecule has 2 rings (SSSR count). The molecule has 1 fully saturated rings. The van der Waals surface area contributed by atoms with Gasteiger partial charge in [-0.15, -0.1) is 23.1 Å². The smallest absolute Gasteiger partial charge is 0.263 e. The Balaban J connectivity index is 2.34. The Morgan fingerprint density at radius 2 is 2.35 bits per heavy atom. The molecule has 1 atom stereocenters. The van der Waals surface area contributed by atoms with Crippen molar-refractivity contribution in [1.29, 1.82) is 0 Å². The lowest BCUT2D eigenvalue weighted by molar-refractivity contribution is 0.0839. The van der Waals surface area contributed by atoms with Crippen LogP contribution in [0.3, 0.4) is 0 Å². The van der Waals surface area contributed by atoms with Gasteiger partial charge >= 0.3 is 0 Å².